The van der Waals surface area contributed by atoms with Crippen LogP contribution in [0.4, 0.5) is 5.13 Å². The zero-order valence-electron chi connectivity index (χ0n) is 17.8. The molecule has 12 heteroatoms. The van der Waals surface area contributed by atoms with Gasteiger partial charge in [-0.25, -0.2) is 8.42 Å². The van der Waals surface area contributed by atoms with Gasteiger partial charge in [0.1, 0.15) is 5.75 Å². The molecule has 2 heterocycles. The molecule has 2 aromatic carbocycles. The Hall–Kier alpha value is -2.67. The Morgan fingerprint density at radius 1 is 1.18 bits per heavy atom. The molecule has 1 saturated heterocycles. The van der Waals surface area contributed by atoms with Gasteiger partial charge in [-0.2, -0.15) is 0 Å². The number of morpholine rings is 1. The standard InChI is InChI=1S/C21H22N4O5S3/c1-29-18-8-7-16(13-17(18)19(26)25-9-11-30-12-10-25)33(27,28)24-20-22-23-21(32-20)31-14-15-5-3-2-4-6-15/h2-8,13H,9-12,14H2,1H3,(H,22,24). The van der Waals surface area contributed by atoms with E-state index in [-0.39, 0.29) is 21.5 Å². The fraction of sp³-hybridized carbons (Fsp3) is 0.286. The van der Waals surface area contributed by atoms with Crippen LogP contribution in [0.25, 0.3) is 0 Å². The number of methoxy groups -OCH3 is 1. The smallest absolute Gasteiger partial charge is 0.263 e. The average Bonchev–Trinajstić information content (AvgIpc) is 3.29. The predicted molar refractivity (Wildman–Crippen MR) is 126 cm³/mol. The second kappa shape index (κ2) is 10.5. The van der Waals surface area contributed by atoms with Crippen LogP contribution in [-0.2, 0) is 20.5 Å². The molecule has 1 amide bonds. The third-order valence-corrected chi connectivity index (χ3v) is 8.35. The highest BCUT2D eigenvalue weighted by atomic mass is 32.2. The molecule has 0 saturated carbocycles. The fourth-order valence-electron chi connectivity index (χ4n) is 3.16. The Morgan fingerprint density at radius 2 is 1.94 bits per heavy atom. The molecule has 1 fully saturated rings. The normalized spacial score (nSPS) is 14.2. The number of hydrogen-bond acceptors (Lipinski definition) is 9. The van der Waals surface area contributed by atoms with E-state index in [1.54, 1.807) is 4.90 Å². The Kier molecular flexibility index (Phi) is 7.48. The Bertz CT molecular complexity index is 1210. The van der Waals surface area contributed by atoms with Gasteiger partial charge in [0.05, 0.1) is 30.8 Å². The van der Waals surface area contributed by atoms with Crippen molar-refractivity contribution < 1.29 is 22.7 Å². The molecular weight excluding hydrogens is 484 g/mol. The van der Waals surface area contributed by atoms with Gasteiger partial charge in [-0.05, 0) is 23.8 Å². The van der Waals surface area contributed by atoms with Crippen LogP contribution in [0.1, 0.15) is 15.9 Å². The number of anilines is 1. The minimum Gasteiger partial charge on any atom is -0.496 e. The van der Waals surface area contributed by atoms with Gasteiger partial charge in [-0.1, -0.05) is 53.4 Å². The van der Waals surface area contributed by atoms with Gasteiger partial charge in [0, 0.05) is 18.8 Å². The average molecular weight is 507 g/mol. The molecule has 0 radical (unpaired) electrons. The molecule has 1 aliphatic heterocycles. The highest BCUT2D eigenvalue weighted by Crippen LogP contribution is 2.30. The van der Waals surface area contributed by atoms with E-state index in [4.69, 9.17) is 9.47 Å². The summed E-state index contributed by atoms with van der Waals surface area (Å²) in [5.74, 6) is 0.705. The third-order valence-electron chi connectivity index (χ3n) is 4.84. The van der Waals surface area contributed by atoms with Crippen molar-refractivity contribution in [1.29, 1.82) is 0 Å². The van der Waals surface area contributed by atoms with Gasteiger partial charge in [-0.3, -0.25) is 9.52 Å². The number of thioether (sulfide) groups is 1. The second-order valence-corrected chi connectivity index (χ2v) is 10.9. The van der Waals surface area contributed by atoms with E-state index >= 15 is 0 Å². The van der Waals surface area contributed by atoms with Crippen molar-refractivity contribution in [3.05, 3.63) is 59.7 Å². The largest absolute Gasteiger partial charge is 0.496 e. The highest BCUT2D eigenvalue weighted by Gasteiger charge is 2.25. The number of rotatable bonds is 8. The van der Waals surface area contributed by atoms with E-state index in [9.17, 15) is 13.2 Å². The summed E-state index contributed by atoms with van der Waals surface area (Å²) in [5, 5.41) is 8.16. The Balaban J connectivity index is 1.49. The van der Waals surface area contributed by atoms with Crippen molar-refractivity contribution in [3.8, 4) is 5.75 Å². The van der Waals surface area contributed by atoms with Crippen LogP contribution in [0.3, 0.4) is 0 Å². The summed E-state index contributed by atoms with van der Waals surface area (Å²) in [6.45, 7) is 1.75. The first-order valence-electron chi connectivity index (χ1n) is 10.0. The topological polar surface area (TPSA) is 111 Å². The molecule has 174 valence electrons. The summed E-state index contributed by atoms with van der Waals surface area (Å²) < 4.78 is 39.6. The van der Waals surface area contributed by atoms with Crippen molar-refractivity contribution in [2.75, 3.05) is 38.1 Å². The number of ether oxygens (including phenoxy) is 2. The summed E-state index contributed by atoms with van der Waals surface area (Å²) in [4.78, 5) is 14.5. The van der Waals surface area contributed by atoms with E-state index < -0.39 is 10.0 Å². The van der Waals surface area contributed by atoms with Crippen LogP contribution >= 0.6 is 23.1 Å². The van der Waals surface area contributed by atoms with Gasteiger partial charge in [0.15, 0.2) is 4.34 Å². The van der Waals surface area contributed by atoms with E-state index in [0.29, 0.717) is 42.1 Å². The number of sulfonamides is 1. The minimum atomic E-state index is -3.98. The summed E-state index contributed by atoms with van der Waals surface area (Å²) in [5.41, 5.74) is 1.31. The Labute approximate surface area is 200 Å². The van der Waals surface area contributed by atoms with Crippen molar-refractivity contribution in [2.24, 2.45) is 0 Å². The maximum absolute atomic E-state index is 13.0. The summed E-state index contributed by atoms with van der Waals surface area (Å²) in [7, 11) is -2.54. The van der Waals surface area contributed by atoms with Gasteiger partial charge in [-0.15, -0.1) is 10.2 Å². The Morgan fingerprint density at radius 3 is 2.67 bits per heavy atom. The van der Waals surface area contributed by atoms with E-state index in [1.165, 1.54) is 37.1 Å². The van der Waals surface area contributed by atoms with Crippen LogP contribution in [0, 0.1) is 0 Å². The molecule has 0 bridgehead atoms. The lowest BCUT2D eigenvalue weighted by atomic mass is 10.1. The fourth-order valence-corrected chi connectivity index (χ4v) is 6.12. The van der Waals surface area contributed by atoms with E-state index in [0.717, 1.165) is 16.9 Å². The van der Waals surface area contributed by atoms with Gasteiger partial charge < -0.3 is 14.4 Å². The third kappa shape index (κ3) is 5.82. The number of carbonyl (C=O) groups is 1. The van der Waals surface area contributed by atoms with Crippen LogP contribution < -0.4 is 9.46 Å². The molecule has 1 aliphatic rings. The van der Waals surface area contributed by atoms with E-state index in [1.807, 2.05) is 30.3 Å². The molecular formula is C21H22N4O5S3. The molecule has 0 unspecified atom stereocenters. The van der Waals surface area contributed by atoms with Crippen LogP contribution in [-0.4, -0.2) is 62.8 Å². The van der Waals surface area contributed by atoms with Crippen LogP contribution in [0.15, 0.2) is 57.8 Å². The number of carbonyl (C=O) groups excluding carboxylic acids is 1. The molecule has 33 heavy (non-hydrogen) atoms. The quantitative estimate of drug-likeness (QED) is 0.464. The van der Waals surface area contributed by atoms with Gasteiger partial charge >= 0.3 is 0 Å². The van der Waals surface area contributed by atoms with E-state index in [2.05, 4.69) is 14.9 Å². The van der Waals surface area contributed by atoms with Crippen molar-refractivity contribution in [3.63, 3.8) is 0 Å². The molecule has 9 nitrogen and oxygen atoms in total. The molecule has 1 aromatic heterocycles. The molecule has 4 rings (SSSR count). The van der Waals surface area contributed by atoms with Crippen molar-refractivity contribution >= 4 is 44.2 Å². The first-order valence-corrected chi connectivity index (χ1v) is 13.3. The number of amides is 1. The molecule has 0 aliphatic carbocycles. The SMILES string of the molecule is COc1ccc(S(=O)(=O)Nc2nnc(SCc3ccccc3)s2)cc1C(=O)N1CCOCC1. The van der Waals surface area contributed by atoms with Gasteiger partial charge in [0.2, 0.25) is 5.13 Å². The molecule has 0 atom stereocenters. The monoisotopic (exact) mass is 506 g/mol. The van der Waals surface area contributed by atoms with Crippen molar-refractivity contribution in [2.45, 2.75) is 15.0 Å². The summed E-state index contributed by atoms with van der Waals surface area (Å²) in [6.07, 6.45) is 0. The second-order valence-electron chi connectivity index (χ2n) is 7.02. The first-order chi connectivity index (χ1) is 16.0. The molecule has 3 aromatic rings. The van der Waals surface area contributed by atoms with Crippen LogP contribution in [0.5, 0.6) is 5.75 Å². The lowest BCUT2D eigenvalue weighted by Gasteiger charge is -2.27. The predicted octanol–water partition coefficient (Wildman–Crippen LogP) is 3.11. The number of aromatic nitrogens is 2. The zero-order valence-corrected chi connectivity index (χ0v) is 20.2. The molecule has 1 N–H and O–H groups in total. The summed E-state index contributed by atoms with van der Waals surface area (Å²) >= 11 is 2.63. The number of hydrogen-bond donors (Lipinski definition) is 1. The lowest BCUT2D eigenvalue weighted by Crippen LogP contribution is -2.40. The highest BCUT2D eigenvalue weighted by molar-refractivity contribution is 8.00. The van der Waals surface area contributed by atoms with Crippen molar-refractivity contribution in [1.82, 2.24) is 15.1 Å². The number of nitrogens with zero attached hydrogens (tertiary/aromatic N) is 3. The number of nitrogens with one attached hydrogen (secondary N) is 1. The maximum Gasteiger partial charge on any atom is 0.263 e. The maximum atomic E-state index is 13.0. The summed E-state index contributed by atoms with van der Waals surface area (Å²) in [6, 6.07) is 14.1. The van der Waals surface area contributed by atoms with Gasteiger partial charge in [0.25, 0.3) is 15.9 Å². The zero-order chi connectivity index (χ0) is 23.3. The van der Waals surface area contributed by atoms with Crippen LogP contribution in [0.2, 0.25) is 0 Å². The lowest BCUT2D eigenvalue weighted by molar-refractivity contribution is 0.0300. The minimum absolute atomic E-state index is 0.0615. The first kappa shape index (κ1) is 23.5. The molecule has 0 spiro atoms. The number of benzene rings is 2.